The van der Waals surface area contributed by atoms with Crippen molar-refractivity contribution in [2.45, 2.75) is 19.4 Å². The number of hydrogen-bond acceptors (Lipinski definition) is 3. The van der Waals surface area contributed by atoms with Gasteiger partial charge in [0.15, 0.2) is 6.10 Å². The second kappa shape index (κ2) is 7.67. The molecule has 0 heterocycles. The van der Waals surface area contributed by atoms with Crippen LogP contribution in [0.4, 0.5) is 0 Å². The molecular formula is C14H17ClN2O2. The van der Waals surface area contributed by atoms with Gasteiger partial charge in [0.05, 0.1) is 11.6 Å². The van der Waals surface area contributed by atoms with Gasteiger partial charge >= 0.3 is 0 Å². The quantitative estimate of drug-likeness (QED) is 0.774. The third-order valence-corrected chi connectivity index (χ3v) is 2.76. The lowest BCUT2D eigenvalue weighted by molar-refractivity contribution is -0.126. The molecule has 1 aromatic carbocycles. The zero-order valence-electron chi connectivity index (χ0n) is 10.8. The first-order valence-electron chi connectivity index (χ1n) is 5.94. The predicted molar refractivity (Wildman–Crippen MR) is 76.1 cm³/mol. The van der Waals surface area contributed by atoms with Crippen molar-refractivity contribution in [3.8, 4) is 18.1 Å². The van der Waals surface area contributed by atoms with Gasteiger partial charge in [-0.25, -0.2) is 0 Å². The molecule has 0 aliphatic heterocycles. The van der Waals surface area contributed by atoms with Crippen LogP contribution in [0.25, 0.3) is 0 Å². The van der Waals surface area contributed by atoms with Crippen LogP contribution in [0.15, 0.2) is 18.2 Å². The lowest BCUT2D eigenvalue weighted by Gasteiger charge is -2.15. The van der Waals surface area contributed by atoms with Crippen LogP contribution in [-0.4, -0.2) is 25.1 Å². The lowest BCUT2D eigenvalue weighted by Crippen LogP contribution is -2.36. The van der Waals surface area contributed by atoms with Crippen molar-refractivity contribution < 1.29 is 9.53 Å². The van der Waals surface area contributed by atoms with Crippen LogP contribution in [0.2, 0.25) is 5.02 Å². The average molecular weight is 281 g/mol. The molecule has 5 heteroatoms. The Hall–Kier alpha value is -1.70. The first kappa shape index (κ1) is 15.4. The first-order chi connectivity index (χ1) is 9.08. The maximum atomic E-state index is 11.6. The molecule has 0 aliphatic rings. The van der Waals surface area contributed by atoms with Gasteiger partial charge in [-0.05, 0) is 37.6 Å². The number of amides is 1. The number of carbonyl (C=O) groups excluding carboxylic acids is 1. The van der Waals surface area contributed by atoms with E-state index in [0.29, 0.717) is 17.3 Å². The minimum atomic E-state index is -0.661. The van der Waals surface area contributed by atoms with E-state index in [0.717, 1.165) is 12.0 Å². The summed E-state index contributed by atoms with van der Waals surface area (Å²) >= 11 is 6.09. The molecule has 102 valence electrons. The van der Waals surface area contributed by atoms with Crippen LogP contribution in [-0.2, 0) is 11.2 Å². The number of nitrogens with one attached hydrogen (secondary N) is 1. The van der Waals surface area contributed by atoms with E-state index < -0.39 is 6.10 Å². The number of ether oxygens (including phenoxy) is 1. The lowest BCUT2D eigenvalue weighted by atomic mass is 10.1. The number of carbonyl (C=O) groups is 1. The van der Waals surface area contributed by atoms with Gasteiger partial charge in [0.2, 0.25) is 0 Å². The smallest absolute Gasteiger partial charge is 0.261 e. The minimum Gasteiger partial charge on any atom is -0.479 e. The molecule has 1 aromatic rings. The van der Waals surface area contributed by atoms with Crippen molar-refractivity contribution >= 4 is 17.5 Å². The van der Waals surface area contributed by atoms with Crippen LogP contribution >= 0.6 is 11.6 Å². The van der Waals surface area contributed by atoms with E-state index in [1.165, 1.54) is 0 Å². The summed E-state index contributed by atoms with van der Waals surface area (Å²) in [6, 6.07) is 5.40. The molecule has 1 atom stereocenters. The molecule has 0 radical (unpaired) electrons. The van der Waals surface area contributed by atoms with Crippen LogP contribution in [0.5, 0.6) is 5.75 Å². The van der Waals surface area contributed by atoms with E-state index in [2.05, 4.69) is 11.2 Å². The highest BCUT2D eigenvalue weighted by Gasteiger charge is 2.15. The molecule has 0 spiro atoms. The van der Waals surface area contributed by atoms with Crippen LogP contribution in [0, 0.1) is 12.3 Å². The zero-order chi connectivity index (χ0) is 14.3. The summed E-state index contributed by atoms with van der Waals surface area (Å²) in [6.45, 7) is 2.37. The number of nitrogens with two attached hydrogens (primary N) is 1. The molecule has 0 saturated heterocycles. The van der Waals surface area contributed by atoms with Crippen molar-refractivity contribution in [2.24, 2.45) is 5.73 Å². The summed E-state index contributed by atoms with van der Waals surface area (Å²) in [7, 11) is 0. The molecule has 1 unspecified atom stereocenters. The van der Waals surface area contributed by atoms with Crippen molar-refractivity contribution in [1.82, 2.24) is 5.32 Å². The average Bonchev–Trinajstić information content (AvgIpc) is 2.39. The molecule has 3 N–H and O–H groups in total. The fourth-order valence-electron chi connectivity index (χ4n) is 1.49. The molecule has 1 rings (SSSR count). The summed E-state index contributed by atoms with van der Waals surface area (Å²) in [5, 5.41) is 3.00. The van der Waals surface area contributed by atoms with Gasteiger partial charge in [-0.1, -0.05) is 23.6 Å². The van der Waals surface area contributed by atoms with Gasteiger partial charge in [-0.3, -0.25) is 4.79 Å². The van der Waals surface area contributed by atoms with E-state index in [-0.39, 0.29) is 12.5 Å². The normalized spacial score (nSPS) is 11.5. The number of rotatable bonds is 6. The van der Waals surface area contributed by atoms with Gasteiger partial charge in [-0.15, -0.1) is 6.42 Å². The zero-order valence-corrected chi connectivity index (χ0v) is 11.5. The summed E-state index contributed by atoms with van der Waals surface area (Å²) in [5.41, 5.74) is 6.50. The highest BCUT2D eigenvalue weighted by molar-refractivity contribution is 6.32. The number of terminal acetylenes is 1. The molecule has 0 aliphatic carbocycles. The highest BCUT2D eigenvalue weighted by Crippen LogP contribution is 2.26. The minimum absolute atomic E-state index is 0.176. The summed E-state index contributed by atoms with van der Waals surface area (Å²) in [5.74, 6) is 2.51. The maximum Gasteiger partial charge on any atom is 0.261 e. The first-order valence-corrected chi connectivity index (χ1v) is 6.32. The van der Waals surface area contributed by atoms with E-state index in [1.807, 2.05) is 6.07 Å². The van der Waals surface area contributed by atoms with E-state index >= 15 is 0 Å². The van der Waals surface area contributed by atoms with E-state index in [9.17, 15) is 4.79 Å². The van der Waals surface area contributed by atoms with Gasteiger partial charge in [0, 0.05) is 0 Å². The van der Waals surface area contributed by atoms with Gasteiger partial charge in [-0.2, -0.15) is 0 Å². The van der Waals surface area contributed by atoms with Gasteiger partial charge in [0.1, 0.15) is 5.75 Å². The molecule has 1 amide bonds. The van der Waals surface area contributed by atoms with Crippen LogP contribution in [0.1, 0.15) is 12.5 Å². The highest BCUT2D eigenvalue weighted by atomic mass is 35.5. The second-order valence-corrected chi connectivity index (χ2v) is 4.39. The van der Waals surface area contributed by atoms with Crippen LogP contribution in [0.3, 0.4) is 0 Å². The third kappa shape index (κ3) is 4.82. The molecule has 0 bridgehead atoms. The van der Waals surface area contributed by atoms with Crippen molar-refractivity contribution in [3.05, 3.63) is 28.8 Å². The molecular weight excluding hydrogens is 264 g/mol. The molecule has 0 saturated carbocycles. The monoisotopic (exact) mass is 280 g/mol. The summed E-state index contributed by atoms with van der Waals surface area (Å²) < 4.78 is 5.49. The fraction of sp³-hybridized carbons (Fsp3) is 0.357. The Balaban J connectivity index is 2.66. The molecule has 0 aromatic heterocycles. The molecule has 0 fully saturated rings. The van der Waals surface area contributed by atoms with Crippen molar-refractivity contribution in [1.29, 1.82) is 0 Å². The molecule has 19 heavy (non-hydrogen) atoms. The predicted octanol–water partition coefficient (Wildman–Crippen LogP) is 1.36. The number of benzene rings is 1. The third-order valence-electron chi connectivity index (χ3n) is 2.47. The van der Waals surface area contributed by atoms with Crippen LogP contribution < -0.4 is 15.8 Å². The Kier molecular flexibility index (Phi) is 6.20. The van der Waals surface area contributed by atoms with Gasteiger partial charge in [0.25, 0.3) is 5.91 Å². The largest absolute Gasteiger partial charge is 0.479 e. The van der Waals surface area contributed by atoms with E-state index in [1.54, 1.807) is 19.1 Å². The number of hydrogen-bond donors (Lipinski definition) is 2. The Morgan fingerprint density at radius 2 is 2.37 bits per heavy atom. The summed E-state index contributed by atoms with van der Waals surface area (Å²) in [4.78, 5) is 11.6. The standard InChI is InChI=1S/C14H17ClN2O2/c1-3-8-17-14(18)10(2)19-13-5-4-11(6-7-16)9-12(13)15/h1,4-5,9-10H,6-8,16H2,2H3,(H,17,18). The topological polar surface area (TPSA) is 64.3 Å². The van der Waals surface area contributed by atoms with Crippen molar-refractivity contribution in [2.75, 3.05) is 13.1 Å². The number of halogens is 1. The summed E-state index contributed by atoms with van der Waals surface area (Å²) in [6.07, 6.45) is 5.15. The van der Waals surface area contributed by atoms with Gasteiger partial charge < -0.3 is 15.8 Å². The Morgan fingerprint density at radius 3 is 2.95 bits per heavy atom. The maximum absolute atomic E-state index is 11.6. The van der Waals surface area contributed by atoms with E-state index in [4.69, 9.17) is 28.5 Å². The second-order valence-electron chi connectivity index (χ2n) is 3.99. The SMILES string of the molecule is C#CCNC(=O)C(C)Oc1ccc(CCN)cc1Cl. The molecule has 4 nitrogen and oxygen atoms in total. The fourth-order valence-corrected chi connectivity index (χ4v) is 1.74. The van der Waals surface area contributed by atoms with Crippen molar-refractivity contribution in [3.63, 3.8) is 0 Å². The Labute approximate surface area is 118 Å². The Morgan fingerprint density at radius 1 is 1.63 bits per heavy atom. The Bertz CT molecular complexity index is 483.